The Morgan fingerprint density at radius 1 is 0.821 bits per heavy atom. The number of hydrogen-bond donors (Lipinski definition) is 1. The van der Waals surface area contributed by atoms with Gasteiger partial charge >= 0.3 is 0 Å². The molecule has 1 amide bonds. The van der Waals surface area contributed by atoms with Crippen LogP contribution in [0.2, 0.25) is 0 Å². The van der Waals surface area contributed by atoms with E-state index in [0.717, 1.165) is 11.3 Å². The van der Waals surface area contributed by atoms with E-state index < -0.39 is 0 Å². The molecule has 0 saturated carbocycles. The van der Waals surface area contributed by atoms with Gasteiger partial charge in [0, 0.05) is 36.6 Å². The van der Waals surface area contributed by atoms with Crippen LogP contribution in [0, 0.1) is 0 Å². The van der Waals surface area contributed by atoms with E-state index in [2.05, 4.69) is 5.32 Å². The van der Waals surface area contributed by atoms with Gasteiger partial charge in [0.2, 0.25) is 0 Å². The minimum absolute atomic E-state index is 0.118. The summed E-state index contributed by atoms with van der Waals surface area (Å²) in [6.45, 7) is 0. The maximum atomic E-state index is 12.5. The molecule has 0 heterocycles. The van der Waals surface area contributed by atoms with Gasteiger partial charge in [-0.3, -0.25) is 9.59 Å². The van der Waals surface area contributed by atoms with Crippen LogP contribution in [-0.4, -0.2) is 25.8 Å². The molecule has 1 N–H and O–H groups in total. The van der Waals surface area contributed by atoms with Crippen molar-refractivity contribution in [3.05, 3.63) is 102 Å². The fraction of sp³-hybridized carbons (Fsp3) is 0.0833. The molecule has 3 aromatic carbocycles. The van der Waals surface area contributed by atoms with Gasteiger partial charge in [0.05, 0.1) is 0 Å². The average Bonchev–Trinajstić information content (AvgIpc) is 2.73. The lowest BCUT2D eigenvalue weighted by Gasteiger charge is -2.11. The minimum atomic E-state index is -0.207. The molecule has 0 radical (unpaired) electrons. The van der Waals surface area contributed by atoms with Crippen molar-refractivity contribution >= 4 is 29.1 Å². The first-order valence-electron chi connectivity index (χ1n) is 8.99. The molecule has 0 aliphatic heterocycles. The Hall–Kier alpha value is -3.66. The van der Waals surface area contributed by atoms with E-state index in [1.807, 2.05) is 61.5 Å². The molecule has 0 aliphatic carbocycles. The summed E-state index contributed by atoms with van der Waals surface area (Å²) in [6, 6.07) is 23.9. The molecule has 0 aromatic heterocycles. The van der Waals surface area contributed by atoms with Crippen LogP contribution >= 0.6 is 0 Å². The van der Waals surface area contributed by atoms with Crippen LogP contribution in [-0.2, 0) is 0 Å². The van der Waals surface area contributed by atoms with E-state index in [0.29, 0.717) is 16.8 Å². The van der Waals surface area contributed by atoms with Crippen LogP contribution in [0.25, 0.3) is 6.08 Å². The Balaban J connectivity index is 1.69. The number of nitrogens with one attached hydrogen (secondary N) is 1. The number of carbonyl (C=O) groups excluding carboxylic acids is 2. The van der Waals surface area contributed by atoms with Gasteiger partial charge in [-0.2, -0.15) is 0 Å². The van der Waals surface area contributed by atoms with E-state index in [-0.39, 0.29) is 11.7 Å². The van der Waals surface area contributed by atoms with Crippen molar-refractivity contribution < 1.29 is 9.59 Å². The zero-order valence-electron chi connectivity index (χ0n) is 15.9. The lowest BCUT2D eigenvalue weighted by molar-refractivity contribution is 0.102. The molecule has 0 unspecified atom stereocenters. The molecular formula is C24H22N2O2. The third-order valence-electron chi connectivity index (χ3n) is 4.28. The normalized spacial score (nSPS) is 10.6. The summed E-state index contributed by atoms with van der Waals surface area (Å²) in [6.07, 6.45) is 3.33. The first-order chi connectivity index (χ1) is 13.5. The summed E-state index contributed by atoms with van der Waals surface area (Å²) in [5.41, 5.74) is 3.73. The summed E-state index contributed by atoms with van der Waals surface area (Å²) in [5, 5.41) is 2.82. The highest BCUT2D eigenvalue weighted by molar-refractivity contribution is 6.08. The molecule has 3 aromatic rings. The zero-order valence-corrected chi connectivity index (χ0v) is 15.9. The second kappa shape index (κ2) is 8.82. The summed E-state index contributed by atoms with van der Waals surface area (Å²) >= 11 is 0. The molecule has 0 spiro atoms. The first-order valence-corrected chi connectivity index (χ1v) is 8.99. The van der Waals surface area contributed by atoms with E-state index >= 15 is 0 Å². The van der Waals surface area contributed by atoms with Gasteiger partial charge in [-0.15, -0.1) is 0 Å². The van der Waals surface area contributed by atoms with Gasteiger partial charge in [0.15, 0.2) is 5.78 Å². The quantitative estimate of drug-likeness (QED) is 0.496. The molecule has 0 aliphatic rings. The standard InChI is InChI=1S/C24H22N2O2/c1-26(2)22-14-11-18(12-15-22)13-16-23(27)20-9-6-10-21(17-20)25-24(28)19-7-4-3-5-8-19/h3-17H,1-2H3,(H,25,28)/b16-13+. The van der Waals surface area contributed by atoms with Crippen molar-refractivity contribution in [1.82, 2.24) is 0 Å². The van der Waals surface area contributed by atoms with Crippen LogP contribution in [0.5, 0.6) is 0 Å². The second-order valence-corrected chi connectivity index (χ2v) is 6.58. The van der Waals surface area contributed by atoms with Gasteiger partial charge in [-0.25, -0.2) is 0 Å². The molecule has 4 nitrogen and oxygen atoms in total. The minimum Gasteiger partial charge on any atom is -0.378 e. The highest BCUT2D eigenvalue weighted by Gasteiger charge is 2.07. The fourth-order valence-corrected chi connectivity index (χ4v) is 2.69. The molecule has 0 bridgehead atoms. The largest absolute Gasteiger partial charge is 0.378 e. The average molecular weight is 370 g/mol. The van der Waals surface area contributed by atoms with Crippen molar-refractivity contribution in [2.24, 2.45) is 0 Å². The molecule has 0 fully saturated rings. The summed E-state index contributed by atoms with van der Waals surface area (Å²) in [5.74, 6) is -0.325. The van der Waals surface area contributed by atoms with Crippen LogP contribution in [0.15, 0.2) is 84.9 Å². The van der Waals surface area contributed by atoms with Gasteiger partial charge in [0.25, 0.3) is 5.91 Å². The zero-order chi connectivity index (χ0) is 19.9. The molecule has 4 heteroatoms. The van der Waals surface area contributed by atoms with Crippen molar-refractivity contribution in [1.29, 1.82) is 0 Å². The van der Waals surface area contributed by atoms with E-state index in [4.69, 9.17) is 0 Å². The Bertz CT molecular complexity index is 991. The van der Waals surface area contributed by atoms with Crippen LogP contribution in [0.3, 0.4) is 0 Å². The van der Waals surface area contributed by atoms with Gasteiger partial charge in [-0.1, -0.05) is 48.5 Å². The highest BCUT2D eigenvalue weighted by Crippen LogP contribution is 2.16. The van der Waals surface area contributed by atoms with E-state index in [9.17, 15) is 9.59 Å². The third kappa shape index (κ3) is 4.95. The number of ketones is 1. The van der Waals surface area contributed by atoms with Crippen molar-refractivity contribution in [2.45, 2.75) is 0 Å². The topological polar surface area (TPSA) is 49.4 Å². The van der Waals surface area contributed by atoms with Crippen molar-refractivity contribution in [3.8, 4) is 0 Å². The lowest BCUT2D eigenvalue weighted by atomic mass is 10.1. The number of allylic oxidation sites excluding steroid dienone is 1. The number of amides is 1. The Labute approximate surface area is 165 Å². The number of rotatable bonds is 6. The van der Waals surface area contributed by atoms with Gasteiger partial charge in [0.1, 0.15) is 0 Å². The molecule has 28 heavy (non-hydrogen) atoms. The Morgan fingerprint density at radius 3 is 2.18 bits per heavy atom. The monoisotopic (exact) mass is 370 g/mol. The number of carbonyl (C=O) groups is 2. The molecule has 140 valence electrons. The number of nitrogens with zero attached hydrogens (tertiary/aromatic N) is 1. The van der Waals surface area contributed by atoms with Crippen molar-refractivity contribution in [3.63, 3.8) is 0 Å². The number of benzene rings is 3. The summed E-state index contributed by atoms with van der Waals surface area (Å²) in [4.78, 5) is 26.8. The summed E-state index contributed by atoms with van der Waals surface area (Å²) in [7, 11) is 3.97. The van der Waals surface area contributed by atoms with Crippen LogP contribution < -0.4 is 10.2 Å². The number of anilines is 2. The predicted molar refractivity (Wildman–Crippen MR) is 115 cm³/mol. The molecule has 0 atom stereocenters. The molecular weight excluding hydrogens is 348 g/mol. The maximum Gasteiger partial charge on any atom is 0.255 e. The Kier molecular flexibility index (Phi) is 6.02. The predicted octanol–water partition coefficient (Wildman–Crippen LogP) is 4.90. The van der Waals surface area contributed by atoms with Crippen LogP contribution in [0.1, 0.15) is 26.3 Å². The maximum absolute atomic E-state index is 12.5. The van der Waals surface area contributed by atoms with Crippen molar-refractivity contribution in [2.75, 3.05) is 24.3 Å². The van der Waals surface area contributed by atoms with Crippen LogP contribution in [0.4, 0.5) is 11.4 Å². The van der Waals surface area contributed by atoms with Gasteiger partial charge in [-0.05, 0) is 48.0 Å². The second-order valence-electron chi connectivity index (χ2n) is 6.58. The summed E-state index contributed by atoms with van der Waals surface area (Å²) < 4.78 is 0. The third-order valence-corrected chi connectivity index (χ3v) is 4.28. The molecule has 0 saturated heterocycles. The smallest absolute Gasteiger partial charge is 0.255 e. The fourth-order valence-electron chi connectivity index (χ4n) is 2.69. The van der Waals surface area contributed by atoms with Gasteiger partial charge < -0.3 is 10.2 Å². The van der Waals surface area contributed by atoms with E-state index in [1.165, 1.54) is 0 Å². The highest BCUT2D eigenvalue weighted by atomic mass is 16.1. The lowest BCUT2D eigenvalue weighted by Crippen LogP contribution is -2.12. The SMILES string of the molecule is CN(C)c1ccc(/C=C/C(=O)c2cccc(NC(=O)c3ccccc3)c2)cc1. The van der Waals surface area contributed by atoms with E-state index in [1.54, 1.807) is 48.6 Å². The Morgan fingerprint density at radius 2 is 1.50 bits per heavy atom. The first kappa shape index (κ1) is 19.1. The molecule has 3 rings (SSSR count). The number of hydrogen-bond acceptors (Lipinski definition) is 3.